The monoisotopic (exact) mass is 501 g/mol. The topological polar surface area (TPSA) is 82.0 Å². The number of hydrogen-bond acceptors (Lipinski definition) is 5. The molecule has 3 rings (SSSR count). The maximum Gasteiger partial charge on any atom is 0.234 e. The Kier molecular flexibility index (Phi) is 7.64. The van der Waals surface area contributed by atoms with E-state index in [2.05, 4.69) is 32.6 Å². The molecular formula is C22H20BrN3O2S2. The Morgan fingerprint density at radius 1 is 1.30 bits per heavy atom. The first kappa shape index (κ1) is 22.5. The zero-order chi connectivity index (χ0) is 21.7. The van der Waals surface area contributed by atoms with E-state index < -0.39 is 0 Å². The molecule has 1 heterocycles. The largest absolute Gasteiger partial charge is 0.325 e. The van der Waals surface area contributed by atoms with E-state index in [0.717, 1.165) is 26.2 Å². The van der Waals surface area contributed by atoms with E-state index in [0.29, 0.717) is 10.6 Å². The molecule has 0 saturated carbocycles. The highest BCUT2D eigenvalue weighted by Crippen LogP contribution is 2.36. The quantitative estimate of drug-likeness (QED) is 0.532. The molecule has 2 amide bonds. The van der Waals surface area contributed by atoms with Crippen LogP contribution in [-0.2, 0) is 9.59 Å². The molecule has 0 radical (unpaired) electrons. The number of carbonyl (C=O) groups excluding carboxylic acids is 2. The van der Waals surface area contributed by atoms with Gasteiger partial charge in [0.1, 0.15) is 0 Å². The Morgan fingerprint density at radius 2 is 2.03 bits per heavy atom. The lowest BCUT2D eigenvalue weighted by molar-refractivity contribution is -0.121. The van der Waals surface area contributed by atoms with Gasteiger partial charge in [-0.3, -0.25) is 9.59 Å². The number of anilines is 1. The zero-order valence-corrected chi connectivity index (χ0v) is 19.7. The van der Waals surface area contributed by atoms with Crippen molar-refractivity contribution in [1.82, 2.24) is 5.32 Å². The summed E-state index contributed by atoms with van der Waals surface area (Å²) in [4.78, 5) is 25.8. The van der Waals surface area contributed by atoms with E-state index in [1.165, 1.54) is 11.8 Å². The molecule has 0 unspecified atom stereocenters. The summed E-state index contributed by atoms with van der Waals surface area (Å²) in [5.74, 6) is -0.566. The van der Waals surface area contributed by atoms with Gasteiger partial charge in [0.15, 0.2) is 0 Å². The van der Waals surface area contributed by atoms with Crippen LogP contribution in [0, 0.1) is 18.3 Å². The maximum absolute atomic E-state index is 12.4. The predicted molar refractivity (Wildman–Crippen MR) is 126 cm³/mol. The minimum absolute atomic E-state index is 0.0917. The molecule has 0 spiro atoms. The number of thioether (sulfide) groups is 2. The molecule has 0 saturated heterocycles. The van der Waals surface area contributed by atoms with Crippen LogP contribution in [0.1, 0.15) is 23.5 Å². The number of nitrogens with zero attached hydrogens (tertiary/aromatic N) is 1. The SMILES string of the molecule is CSc1ccc([C@H]2CC(=O)NC(SCC(=O)Nc3ccc(Br)cc3C)=C2C#N)cc1. The van der Waals surface area contributed by atoms with Gasteiger partial charge in [-0.2, -0.15) is 5.26 Å². The molecule has 8 heteroatoms. The minimum atomic E-state index is -0.307. The first-order chi connectivity index (χ1) is 14.4. The average Bonchev–Trinajstić information content (AvgIpc) is 2.74. The van der Waals surface area contributed by atoms with E-state index in [-0.39, 0.29) is 29.9 Å². The lowest BCUT2D eigenvalue weighted by atomic mass is 9.87. The first-order valence-corrected chi connectivity index (χ1v) is 12.2. The van der Waals surface area contributed by atoms with Crippen molar-refractivity contribution >= 4 is 57.0 Å². The molecule has 0 aromatic heterocycles. The van der Waals surface area contributed by atoms with Gasteiger partial charge in [-0.1, -0.05) is 39.8 Å². The van der Waals surface area contributed by atoms with E-state index in [1.54, 1.807) is 11.8 Å². The fraction of sp³-hybridized carbons (Fsp3) is 0.227. The normalized spacial score (nSPS) is 16.1. The molecule has 0 aliphatic carbocycles. The smallest absolute Gasteiger partial charge is 0.234 e. The summed E-state index contributed by atoms with van der Waals surface area (Å²) in [7, 11) is 0. The second-order valence-corrected chi connectivity index (χ2v) is 9.51. The molecule has 2 N–H and O–H groups in total. The molecule has 1 aliphatic rings. The van der Waals surface area contributed by atoms with Crippen LogP contribution in [0.5, 0.6) is 0 Å². The highest BCUT2D eigenvalue weighted by molar-refractivity contribution is 9.10. The van der Waals surface area contributed by atoms with Crippen molar-refractivity contribution in [1.29, 1.82) is 5.26 Å². The fourth-order valence-corrected chi connectivity index (χ4v) is 4.91. The Labute approximate surface area is 192 Å². The summed E-state index contributed by atoms with van der Waals surface area (Å²) in [6.45, 7) is 1.91. The van der Waals surface area contributed by atoms with Crippen molar-refractivity contribution in [3.8, 4) is 6.07 Å². The molecule has 2 aromatic carbocycles. The van der Waals surface area contributed by atoms with Crippen molar-refractivity contribution in [3.63, 3.8) is 0 Å². The van der Waals surface area contributed by atoms with Crippen molar-refractivity contribution < 1.29 is 9.59 Å². The molecule has 5 nitrogen and oxygen atoms in total. The Morgan fingerprint density at radius 3 is 2.67 bits per heavy atom. The molecule has 0 fully saturated rings. The zero-order valence-electron chi connectivity index (χ0n) is 16.5. The van der Waals surface area contributed by atoms with E-state index in [9.17, 15) is 14.9 Å². The van der Waals surface area contributed by atoms with Gasteiger partial charge in [0.05, 0.1) is 22.4 Å². The highest BCUT2D eigenvalue weighted by atomic mass is 79.9. The average molecular weight is 502 g/mol. The van der Waals surface area contributed by atoms with Crippen LogP contribution in [0.3, 0.4) is 0 Å². The van der Waals surface area contributed by atoms with Gasteiger partial charge in [0.2, 0.25) is 11.8 Å². The van der Waals surface area contributed by atoms with Gasteiger partial charge < -0.3 is 10.6 Å². The Bertz CT molecular complexity index is 1050. The van der Waals surface area contributed by atoms with Crippen LogP contribution < -0.4 is 10.6 Å². The van der Waals surface area contributed by atoms with Gasteiger partial charge in [0, 0.05) is 27.4 Å². The van der Waals surface area contributed by atoms with Crippen molar-refractivity contribution in [2.24, 2.45) is 0 Å². The minimum Gasteiger partial charge on any atom is -0.325 e. The number of rotatable bonds is 6. The first-order valence-electron chi connectivity index (χ1n) is 9.18. The molecule has 154 valence electrons. The maximum atomic E-state index is 12.4. The number of carbonyl (C=O) groups is 2. The van der Waals surface area contributed by atoms with Gasteiger partial charge in [-0.05, 0) is 54.6 Å². The second-order valence-electron chi connectivity index (χ2n) is 6.73. The number of nitrogens with one attached hydrogen (secondary N) is 2. The number of hydrogen-bond donors (Lipinski definition) is 2. The van der Waals surface area contributed by atoms with Gasteiger partial charge in [0.25, 0.3) is 0 Å². The molecule has 0 bridgehead atoms. The third-order valence-electron chi connectivity index (χ3n) is 4.68. The predicted octanol–water partition coefficient (Wildman–Crippen LogP) is 5.19. The number of aryl methyl sites for hydroxylation is 1. The summed E-state index contributed by atoms with van der Waals surface area (Å²) in [5, 5.41) is 15.9. The lowest BCUT2D eigenvalue weighted by Crippen LogP contribution is -2.31. The van der Waals surface area contributed by atoms with Crippen LogP contribution >= 0.6 is 39.5 Å². The van der Waals surface area contributed by atoms with Gasteiger partial charge >= 0.3 is 0 Å². The van der Waals surface area contributed by atoms with Crippen LogP contribution in [0.4, 0.5) is 5.69 Å². The number of benzene rings is 2. The van der Waals surface area contributed by atoms with E-state index >= 15 is 0 Å². The number of halogens is 1. The summed E-state index contributed by atoms with van der Waals surface area (Å²) in [6.07, 6.45) is 2.22. The standard InChI is InChI=1S/C22H20BrN3O2S2/c1-13-9-15(23)5-8-19(13)25-21(28)12-30-22-18(11-24)17(10-20(27)26-22)14-3-6-16(29-2)7-4-14/h3-9,17H,10,12H2,1-2H3,(H,25,28)(H,26,27)/t17-/m1/s1. The van der Waals surface area contributed by atoms with Crippen LogP contribution in [0.15, 0.2) is 62.4 Å². The van der Waals surface area contributed by atoms with Crippen LogP contribution in [0.2, 0.25) is 0 Å². The fourth-order valence-electron chi connectivity index (χ4n) is 3.15. The lowest BCUT2D eigenvalue weighted by Gasteiger charge is -2.25. The highest BCUT2D eigenvalue weighted by Gasteiger charge is 2.29. The van der Waals surface area contributed by atoms with Crippen LogP contribution in [-0.4, -0.2) is 23.8 Å². The number of nitriles is 1. The molecular weight excluding hydrogens is 482 g/mol. The second kappa shape index (κ2) is 10.2. The molecule has 30 heavy (non-hydrogen) atoms. The van der Waals surface area contributed by atoms with Crippen LogP contribution in [0.25, 0.3) is 0 Å². The molecule has 1 atom stereocenters. The van der Waals surface area contributed by atoms with Crippen molar-refractivity contribution in [3.05, 3.63) is 68.7 Å². The summed E-state index contributed by atoms with van der Waals surface area (Å²) in [5.41, 5.74) is 3.09. The summed E-state index contributed by atoms with van der Waals surface area (Å²) < 4.78 is 0.942. The van der Waals surface area contributed by atoms with Gasteiger partial charge in [-0.25, -0.2) is 0 Å². The third kappa shape index (κ3) is 5.48. The number of amides is 2. The summed E-state index contributed by atoms with van der Waals surface area (Å²) >= 11 is 6.22. The number of allylic oxidation sites excluding steroid dienone is 1. The third-order valence-corrected chi connectivity index (χ3v) is 6.94. The Hall–Kier alpha value is -2.21. The van der Waals surface area contributed by atoms with E-state index in [4.69, 9.17) is 0 Å². The van der Waals surface area contributed by atoms with E-state index in [1.807, 2.05) is 55.6 Å². The summed E-state index contributed by atoms with van der Waals surface area (Å²) in [6, 6.07) is 15.7. The van der Waals surface area contributed by atoms with Gasteiger partial charge in [-0.15, -0.1) is 11.8 Å². The molecule has 1 aliphatic heterocycles. The molecule has 2 aromatic rings. The Balaban J connectivity index is 1.75. The van der Waals surface area contributed by atoms with Crippen molar-refractivity contribution in [2.75, 3.05) is 17.3 Å². The van der Waals surface area contributed by atoms with Crippen molar-refractivity contribution in [2.45, 2.75) is 24.2 Å².